The van der Waals surface area contributed by atoms with E-state index in [9.17, 15) is 8.78 Å². The number of hydrogen-bond donors (Lipinski definition) is 1. The summed E-state index contributed by atoms with van der Waals surface area (Å²) in [7, 11) is 0. The zero-order valence-corrected chi connectivity index (χ0v) is 6.30. The molecule has 4 heteroatoms. The van der Waals surface area contributed by atoms with Gasteiger partial charge < -0.3 is 10.5 Å². The van der Waals surface area contributed by atoms with Crippen molar-refractivity contribution in [3.05, 3.63) is 0 Å². The van der Waals surface area contributed by atoms with Crippen molar-refractivity contribution in [1.29, 1.82) is 0 Å². The van der Waals surface area contributed by atoms with Crippen LogP contribution in [0.5, 0.6) is 0 Å². The Morgan fingerprint density at radius 3 is 2.45 bits per heavy atom. The second-order valence-electron chi connectivity index (χ2n) is 2.88. The molecular weight excluding hydrogens is 152 g/mol. The van der Waals surface area contributed by atoms with Crippen LogP contribution >= 0.6 is 0 Å². The van der Waals surface area contributed by atoms with Crippen molar-refractivity contribution in [2.75, 3.05) is 0 Å². The number of halogens is 2. The summed E-state index contributed by atoms with van der Waals surface area (Å²) in [6, 6.07) is -0.197. The van der Waals surface area contributed by atoms with E-state index in [1.807, 2.05) is 0 Å². The van der Waals surface area contributed by atoms with E-state index in [0.717, 1.165) is 19.3 Å². The van der Waals surface area contributed by atoms with E-state index in [-0.39, 0.29) is 6.04 Å². The van der Waals surface area contributed by atoms with E-state index in [1.54, 1.807) is 0 Å². The molecule has 2 unspecified atom stereocenters. The summed E-state index contributed by atoms with van der Waals surface area (Å²) in [4.78, 5) is 0. The smallest absolute Gasteiger partial charge is 0.325 e. The molecule has 0 radical (unpaired) electrons. The average Bonchev–Trinajstić information content (AvgIpc) is 1.93. The molecular formula is C7H13F2NO. The van der Waals surface area contributed by atoms with E-state index in [4.69, 9.17) is 5.73 Å². The fourth-order valence-electron chi connectivity index (χ4n) is 1.43. The van der Waals surface area contributed by atoms with Gasteiger partial charge in [0.25, 0.3) is 0 Å². The number of alkyl halides is 2. The number of ether oxygens (including phenoxy) is 1. The SMILES string of the molecule is NC1CCCCC1OC(F)F. The van der Waals surface area contributed by atoms with Gasteiger partial charge in [0, 0.05) is 6.04 Å². The molecule has 0 amide bonds. The summed E-state index contributed by atoms with van der Waals surface area (Å²) < 4.78 is 27.8. The minimum Gasteiger partial charge on any atom is -0.325 e. The fourth-order valence-corrected chi connectivity index (χ4v) is 1.43. The highest BCUT2D eigenvalue weighted by Gasteiger charge is 2.24. The molecule has 2 nitrogen and oxygen atoms in total. The lowest BCUT2D eigenvalue weighted by molar-refractivity contribution is -0.173. The maximum atomic E-state index is 11.7. The zero-order chi connectivity index (χ0) is 8.27. The van der Waals surface area contributed by atoms with Crippen LogP contribution in [0.25, 0.3) is 0 Å². The molecule has 1 saturated carbocycles. The molecule has 0 aromatic rings. The molecule has 1 rings (SSSR count). The third-order valence-corrected chi connectivity index (χ3v) is 2.03. The van der Waals surface area contributed by atoms with Crippen molar-refractivity contribution < 1.29 is 13.5 Å². The molecule has 0 aliphatic heterocycles. The van der Waals surface area contributed by atoms with Gasteiger partial charge in [-0.05, 0) is 12.8 Å². The summed E-state index contributed by atoms with van der Waals surface area (Å²) in [6.07, 6.45) is 3.03. The molecule has 0 spiro atoms. The van der Waals surface area contributed by atoms with Gasteiger partial charge >= 0.3 is 6.61 Å². The third-order valence-electron chi connectivity index (χ3n) is 2.03. The normalized spacial score (nSPS) is 32.7. The van der Waals surface area contributed by atoms with E-state index in [0.29, 0.717) is 6.42 Å². The molecule has 0 heterocycles. The first-order chi connectivity index (χ1) is 5.20. The number of nitrogens with two attached hydrogens (primary N) is 1. The van der Waals surface area contributed by atoms with Gasteiger partial charge in [-0.2, -0.15) is 8.78 Å². The second kappa shape index (κ2) is 3.97. The van der Waals surface area contributed by atoms with Crippen LogP contribution in [0, 0.1) is 0 Å². The Morgan fingerprint density at radius 1 is 1.27 bits per heavy atom. The lowest BCUT2D eigenvalue weighted by Gasteiger charge is -2.27. The molecule has 0 aromatic carbocycles. The molecule has 0 aromatic heterocycles. The van der Waals surface area contributed by atoms with Gasteiger partial charge in [-0.25, -0.2) is 0 Å². The Bertz CT molecular complexity index is 121. The standard InChI is InChI=1S/C7H13F2NO/c8-7(9)11-6-4-2-1-3-5(6)10/h5-7H,1-4,10H2. The highest BCUT2D eigenvalue weighted by atomic mass is 19.3. The van der Waals surface area contributed by atoms with Gasteiger partial charge in [-0.3, -0.25) is 0 Å². The molecule has 0 saturated heterocycles. The Kier molecular flexibility index (Phi) is 3.20. The van der Waals surface area contributed by atoms with Gasteiger partial charge in [0.1, 0.15) is 0 Å². The Labute approximate surface area is 64.7 Å². The second-order valence-corrected chi connectivity index (χ2v) is 2.88. The lowest BCUT2D eigenvalue weighted by atomic mass is 9.93. The number of rotatable bonds is 2. The van der Waals surface area contributed by atoms with Gasteiger partial charge in [0.15, 0.2) is 0 Å². The van der Waals surface area contributed by atoms with Crippen LogP contribution < -0.4 is 5.73 Å². The lowest BCUT2D eigenvalue weighted by Crippen LogP contribution is -2.40. The summed E-state index contributed by atoms with van der Waals surface area (Å²) >= 11 is 0. The molecule has 1 fully saturated rings. The first-order valence-electron chi connectivity index (χ1n) is 3.89. The first kappa shape index (κ1) is 8.87. The molecule has 0 bridgehead atoms. The van der Waals surface area contributed by atoms with E-state index in [1.165, 1.54) is 0 Å². The predicted octanol–water partition coefficient (Wildman–Crippen LogP) is 1.50. The van der Waals surface area contributed by atoms with Crippen LogP contribution in [0.3, 0.4) is 0 Å². The summed E-state index contributed by atoms with van der Waals surface area (Å²) in [5, 5.41) is 0. The van der Waals surface area contributed by atoms with Crippen LogP contribution in [0.15, 0.2) is 0 Å². The maximum Gasteiger partial charge on any atom is 0.345 e. The highest BCUT2D eigenvalue weighted by molar-refractivity contribution is 4.78. The molecule has 2 atom stereocenters. The van der Waals surface area contributed by atoms with E-state index >= 15 is 0 Å². The van der Waals surface area contributed by atoms with Crippen LogP contribution in [0.4, 0.5) is 8.78 Å². The van der Waals surface area contributed by atoms with Crippen LogP contribution in [-0.4, -0.2) is 18.8 Å². The molecule has 1 aliphatic carbocycles. The van der Waals surface area contributed by atoms with Crippen LogP contribution in [0.1, 0.15) is 25.7 Å². The molecule has 1 aliphatic rings. The minimum absolute atomic E-state index is 0.197. The minimum atomic E-state index is -2.68. The number of hydrogen-bond acceptors (Lipinski definition) is 2. The summed E-state index contributed by atoms with van der Waals surface area (Å²) in [5.41, 5.74) is 5.57. The van der Waals surface area contributed by atoms with Gasteiger partial charge in [-0.15, -0.1) is 0 Å². The van der Waals surface area contributed by atoms with Crippen LogP contribution in [-0.2, 0) is 4.74 Å². The Hall–Kier alpha value is -0.220. The molecule has 66 valence electrons. The monoisotopic (exact) mass is 165 g/mol. The topological polar surface area (TPSA) is 35.2 Å². The largest absolute Gasteiger partial charge is 0.345 e. The van der Waals surface area contributed by atoms with Crippen molar-refractivity contribution in [2.24, 2.45) is 5.73 Å². The van der Waals surface area contributed by atoms with Crippen molar-refractivity contribution in [1.82, 2.24) is 0 Å². The molecule has 2 N–H and O–H groups in total. The maximum absolute atomic E-state index is 11.7. The van der Waals surface area contributed by atoms with Gasteiger partial charge in [0.05, 0.1) is 6.10 Å². The third kappa shape index (κ3) is 2.71. The average molecular weight is 165 g/mol. The van der Waals surface area contributed by atoms with E-state index in [2.05, 4.69) is 4.74 Å². The van der Waals surface area contributed by atoms with Crippen LogP contribution in [0.2, 0.25) is 0 Å². The first-order valence-corrected chi connectivity index (χ1v) is 3.89. The summed E-state index contributed by atoms with van der Waals surface area (Å²) in [6.45, 7) is -2.68. The van der Waals surface area contributed by atoms with E-state index < -0.39 is 12.7 Å². The highest BCUT2D eigenvalue weighted by Crippen LogP contribution is 2.21. The zero-order valence-electron chi connectivity index (χ0n) is 6.30. The van der Waals surface area contributed by atoms with Crippen molar-refractivity contribution in [3.8, 4) is 0 Å². The predicted molar refractivity (Wildman–Crippen MR) is 37.3 cm³/mol. The van der Waals surface area contributed by atoms with Crippen molar-refractivity contribution >= 4 is 0 Å². The van der Waals surface area contributed by atoms with Crippen molar-refractivity contribution in [3.63, 3.8) is 0 Å². The Morgan fingerprint density at radius 2 is 1.91 bits per heavy atom. The van der Waals surface area contributed by atoms with Gasteiger partial charge in [0.2, 0.25) is 0 Å². The van der Waals surface area contributed by atoms with Crippen molar-refractivity contribution in [2.45, 2.75) is 44.4 Å². The fraction of sp³-hybridized carbons (Fsp3) is 1.00. The molecule has 11 heavy (non-hydrogen) atoms. The summed E-state index contributed by atoms with van der Waals surface area (Å²) in [5.74, 6) is 0. The Balaban J connectivity index is 2.29. The van der Waals surface area contributed by atoms with Gasteiger partial charge in [-0.1, -0.05) is 12.8 Å². The quantitative estimate of drug-likeness (QED) is 0.672.